The van der Waals surface area contributed by atoms with Crippen LogP contribution >= 0.6 is 0 Å². The average Bonchev–Trinajstić information content (AvgIpc) is 2.74. The highest BCUT2D eigenvalue weighted by Crippen LogP contribution is 2.44. The summed E-state index contributed by atoms with van der Waals surface area (Å²) in [6, 6.07) is 10.2. The lowest BCUT2D eigenvalue weighted by Gasteiger charge is -2.38. The van der Waals surface area contributed by atoms with E-state index in [2.05, 4.69) is 0 Å². The maximum atomic E-state index is 13.3. The number of aryl methyl sites for hydroxylation is 1. The summed E-state index contributed by atoms with van der Waals surface area (Å²) in [5, 5.41) is 22.2. The fourth-order valence-corrected chi connectivity index (χ4v) is 4.34. The molecule has 158 valence electrons. The third-order valence-corrected chi connectivity index (χ3v) is 5.83. The summed E-state index contributed by atoms with van der Waals surface area (Å²) < 4.78 is 0. The molecule has 1 aliphatic heterocycles. The zero-order valence-corrected chi connectivity index (χ0v) is 16.7. The van der Waals surface area contributed by atoms with Crippen molar-refractivity contribution in [3.8, 4) is 0 Å². The van der Waals surface area contributed by atoms with E-state index in [1.54, 1.807) is 25.1 Å². The number of carbonyl (C=O) groups is 2. The molecule has 0 saturated heterocycles. The number of Topliss-reactive ketones (excluding diaryl/α,β-unsaturated/α-hetero) is 1. The Bertz CT molecular complexity index is 1150. The summed E-state index contributed by atoms with van der Waals surface area (Å²) in [5.74, 6) is -0.822. The van der Waals surface area contributed by atoms with Crippen LogP contribution in [0, 0.1) is 27.2 Å². The number of benzene rings is 2. The molecule has 0 N–H and O–H groups in total. The van der Waals surface area contributed by atoms with Crippen molar-refractivity contribution in [2.75, 3.05) is 4.90 Å². The van der Waals surface area contributed by atoms with Gasteiger partial charge in [0, 0.05) is 54.3 Å². The van der Waals surface area contributed by atoms with Crippen molar-refractivity contribution < 1.29 is 19.4 Å². The zero-order chi connectivity index (χ0) is 22.3. The number of non-ortho nitro benzene ring substituents is 2. The molecular formula is C22H19N3O6. The Morgan fingerprint density at radius 1 is 0.935 bits per heavy atom. The second-order valence-electron chi connectivity index (χ2n) is 7.70. The summed E-state index contributed by atoms with van der Waals surface area (Å²) >= 11 is 0. The van der Waals surface area contributed by atoms with Crippen LogP contribution in [0.15, 0.2) is 53.7 Å². The quantitative estimate of drug-likeness (QED) is 0.534. The van der Waals surface area contributed by atoms with Crippen LogP contribution in [0.5, 0.6) is 0 Å². The molecule has 1 heterocycles. The molecule has 1 unspecified atom stereocenters. The van der Waals surface area contributed by atoms with Crippen molar-refractivity contribution >= 4 is 28.8 Å². The third-order valence-electron chi connectivity index (χ3n) is 5.83. The number of ketones is 1. The summed E-state index contributed by atoms with van der Waals surface area (Å²) in [7, 11) is 0. The normalized spacial score (nSPS) is 18.7. The second-order valence-corrected chi connectivity index (χ2v) is 7.70. The number of anilines is 1. The van der Waals surface area contributed by atoms with Gasteiger partial charge in [0.25, 0.3) is 11.4 Å². The smallest absolute Gasteiger partial charge is 0.271 e. The van der Waals surface area contributed by atoms with Crippen LogP contribution in [0.4, 0.5) is 17.1 Å². The van der Waals surface area contributed by atoms with Crippen LogP contribution in [-0.2, 0) is 9.59 Å². The first-order valence-corrected chi connectivity index (χ1v) is 9.86. The molecule has 0 bridgehead atoms. The Labute approximate surface area is 177 Å². The van der Waals surface area contributed by atoms with E-state index in [-0.39, 0.29) is 29.5 Å². The SMILES string of the molecule is Cc1ccc([N+](=O)[O-])cc1N1C(=O)CC(c2ccc([N+](=O)[O-])cc2)C2=C1CCCC2=O. The monoisotopic (exact) mass is 421 g/mol. The van der Waals surface area contributed by atoms with Crippen molar-refractivity contribution in [2.45, 2.75) is 38.5 Å². The van der Waals surface area contributed by atoms with Gasteiger partial charge in [0.2, 0.25) is 5.91 Å². The molecule has 2 aromatic rings. The minimum Gasteiger partial charge on any atom is -0.294 e. The Balaban J connectivity index is 1.85. The molecule has 0 saturated carbocycles. The maximum absolute atomic E-state index is 13.3. The van der Waals surface area contributed by atoms with E-state index in [0.29, 0.717) is 47.3 Å². The molecule has 1 amide bonds. The molecular weight excluding hydrogens is 402 g/mol. The van der Waals surface area contributed by atoms with Gasteiger partial charge in [-0.25, -0.2) is 0 Å². The predicted octanol–water partition coefficient (Wildman–Crippen LogP) is 4.34. The van der Waals surface area contributed by atoms with Crippen LogP contribution < -0.4 is 4.90 Å². The van der Waals surface area contributed by atoms with Gasteiger partial charge in [-0.2, -0.15) is 0 Å². The first-order valence-electron chi connectivity index (χ1n) is 9.86. The molecule has 2 aliphatic rings. The lowest BCUT2D eigenvalue weighted by Crippen LogP contribution is -2.40. The number of allylic oxidation sites excluding steroid dienone is 2. The molecule has 4 rings (SSSR count). The first kappa shape index (κ1) is 20.4. The van der Waals surface area contributed by atoms with Gasteiger partial charge >= 0.3 is 0 Å². The highest BCUT2D eigenvalue weighted by Gasteiger charge is 2.40. The largest absolute Gasteiger partial charge is 0.294 e. The number of rotatable bonds is 4. The van der Waals surface area contributed by atoms with E-state index >= 15 is 0 Å². The Morgan fingerprint density at radius 3 is 2.23 bits per heavy atom. The predicted molar refractivity (Wildman–Crippen MR) is 112 cm³/mol. The van der Waals surface area contributed by atoms with Crippen molar-refractivity contribution in [2.24, 2.45) is 0 Å². The van der Waals surface area contributed by atoms with Crippen molar-refractivity contribution in [3.05, 3.63) is 85.1 Å². The van der Waals surface area contributed by atoms with E-state index in [1.807, 2.05) is 0 Å². The number of nitro groups is 2. The highest BCUT2D eigenvalue weighted by atomic mass is 16.6. The van der Waals surface area contributed by atoms with Crippen molar-refractivity contribution in [3.63, 3.8) is 0 Å². The van der Waals surface area contributed by atoms with Crippen LogP contribution in [0.1, 0.15) is 42.7 Å². The molecule has 9 heteroatoms. The minimum absolute atomic E-state index is 0.00448. The number of nitrogens with zero attached hydrogens (tertiary/aromatic N) is 3. The Kier molecular flexibility index (Phi) is 5.10. The number of hydrogen-bond donors (Lipinski definition) is 0. The van der Waals surface area contributed by atoms with Crippen LogP contribution in [-0.4, -0.2) is 21.5 Å². The first-order chi connectivity index (χ1) is 14.8. The molecule has 31 heavy (non-hydrogen) atoms. The van der Waals surface area contributed by atoms with Gasteiger partial charge in [0.15, 0.2) is 5.78 Å². The molecule has 9 nitrogen and oxygen atoms in total. The second kappa shape index (κ2) is 7.75. The van der Waals surface area contributed by atoms with E-state index in [1.165, 1.54) is 29.2 Å². The van der Waals surface area contributed by atoms with E-state index in [4.69, 9.17) is 0 Å². The fraction of sp³-hybridized carbons (Fsp3) is 0.273. The maximum Gasteiger partial charge on any atom is 0.271 e. The number of nitro benzene ring substituents is 2. The van der Waals surface area contributed by atoms with E-state index in [0.717, 1.165) is 0 Å². The summed E-state index contributed by atoms with van der Waals surface area (Å²) in [5.41, 5.74) is 2.66. The molecule has 0 aromatic heterocycles. The van der Waals surface area contributed by atoms with Gasteiger partial charge in [-0.15, -0.1) is 0 Å². The van der Waals surface area contributed by atoms with Crippen LogP contribution in [0.2, 0.25) is 0 Å². The number of carbonyl (C=O) groups excluding carboxylic acids is 2. The summed E-state index contributed by atoms with van der Waals surface area (Å²) in [6.07, 6.45) is 1.45. The van der Waals surface area contributed by atoms with Gasteiger partial charge in [-0.05, 0) is 30.9 Å². The van der Waals surface area contributed by atoms with Gasteiger partial charge < -0.3 is 0 Å². The topological polar surface area (TPSA) is 124 Å². The fourth-order valence-electron chi connectivity index (χ4n) is 4.34. The molecule has 0 fully saturated rings. The van der Waals surface area contributed by atoms with E-state index < -0.39 is 15.8 Å². The van der Waals surface area contributed by atoms with Crippen LogP contribution in [0.25, 0.3) is 0 Å². The molecule has 0 spiro atoms. The molecule has 1 aliphatic carbocycles. The lowest BCUT2D eigenvalue weighted by atomic mass is 9.77. The third kappa shape index (κ3) is 3.58. The highest BCUT2D eigenvalue weighted by molar-refractivity contribution is 6.07. The van der Waals surface area contributed by atoms with Gasteiger partial charge in [-0.3, -0.25) is 34.7 Å². The molecule has 1 atom stereocenters. The minimum atomic E-state index is -0.516. The van der Waals surface area contributed by atoms with Crippen LogP contribution in [0.3, 0.4) is 0 Å². The average molecular weight is 421 g/mol. The summed E-state index contributed by atoms with van der Waals surface area (Å²) in [4.78, 5) is 48.8. The standard InChI is InChI=1S/C22H19N3O6/c1-13-5-8-16(25(30)31)11-19(13)23-18-3-2-4-20(26)22(18)17(12-21(23)27)14-6-9-15(10-7-14)24(28)29/h5-11,17H,2-4,12H2,1H3. The summed E-state index contributed by atoms with van der Waals surface area (Å²) in [6.45, 7) is 1.76. The van der Waals surface area contributed by atoms with E-state index in [9.17, 15) is 29.8 Å². The van der Waals surface area contributed by atoms with Gasteiger partial charge in [0.1, 0.15) is 0 Å². The lowest BCUT2D eigenvalue weighted by molar-refractivity contribution is -0.385. The number of amides is 1. The van der Waals surface area contributed by atoms with Gasteiger partial charge in [0.05, 0.1) is 15.5 Å². The zero-order valence-electron chi connectivity index (χ0n) is 16.7. The Hall–Kier alpha value is -3.88. The molecule has 0 radical (unpaired) electrons. The van der Waals surface area contributed by atoms with Gasteiger partial charge in [-0.1, -0.05) is 18.2 Å². The Morgan fingerprint density at radius 2 is 1.58 bits per heavy atom. The van der Waals surface area contributed by atoms with Crippen molar-refractivity contribution in [1.82, 2.24) is 0 Å². The number of hydrogen-bond acceptors (Lipinski definition) is 6. The van der Waals surface area contributed by atoms with Crippen molar-refractivity contribution in [1.29, 1.82) is 0 Å². The molecule has 2 aromatic carbocycles.